The molecule has 0 saturated heterocycles. The molecule has 0 amide bonds. The Labute approximate surface area is 176 Å². The van der Waals surface area contributed by atoms with Gasteiger partial charge in [-0.15, -0.1) is 0 Å². The Morgan fingerprint density at radius 1 is 0.931 bits per heavy atom. The third kappa shape index (κ3) is 5.88. The minimum Gasteiger partial charge on any atom is -0.478 e. The van der Waals surface area contributed by atoms with Gasteiger partial charge in [0.05, 0.1) is 0 Å². The van der Waals surface area contributed by atoms with Crippen molar-refractivity contribution in [2.24, 2.45) is 0 Å². The van der Waals surface area contributed by atoms with Gasteiger partial charge in [-0.25, -0.2) is 4.79 Å². The van der Waals surface area contributed by atoms with E-state index < -0.39 is 12.1 Å². The molecule has 3 aromatic rings. The zero-order valence-corrected chi connectivity index (χ0v) is 17.8. The van der Waals surface area contributed by atoms with Crippen molar-refractivity contribution in [3.05, 3.63) is 90.0 Å². The first kappa shape index (κ1) is 21.0. The summed E-state index contributed by atoms with van der Waals surface area (Å²) in [5.74, 6) is -0.400. The molecule has 0 aliphatic rings. The summed E-state index contributed by atoms with van der Waals surface area (Å²) >= 11 is 1.63. The van der Waals surface area contributed by atoms with Gasteiger partial charge in [-0.1, -0.05) is 81.1 Å². The Morgan fingerprint density at radius 3 is 2.17 bits per heavy atom. The van der Waals surface area contributed by atoms with Crippen LogP contribution < -0.4 is 4.74 Å². The number of rotatable bonds is 7. The molecule has 3 rings (SSSR count). The molecule has 0 spiro atoms. The number of hydrogen-bond acceptors (Lipinski definition) is 3. The SMILES string of the molecule is CC(C)(C)c1ccc(O[C@H](Cc2ccccc2Sc2ccccc2)C(=O)O)cc1. The van der Waals surface area contributed by atoms with E-state index in [0.717, 1.165) is 15.4 Å². The van der Waals surface area contributed by atoms with E-state index in [1.165, 1.54) is 5.56 Å². The third-order valence-corrected chi connectivity index (χ3v) is 5.75. The van der Waals surface area contributed by atoms with E-state index >= 15 is 0 Å². The Hall–Kier alpha value is -2.72. The third-order valence-electron chi connectivity index (χ3n) is 4.62. The van der Waals surface area contributed by atoms with Crippen molar-refractivity contribution in [3.8, 4) is 5.75 Å². The molecular weight excluding hydrogens is 380 g/mol. The summed E-state index contributed by atoms with van der Waals surface area (Å²) in [6, 6.07) is 25.6. The van der Waals surface area contributed by atoms with E-state index in [1.54, 1.807) is 11.8 Å². The van der Waals surface area contributed by atoms with E-state index in [9.17, 15) is 9.90 Å². The Balaban J connectivity index is 1.77. The number of carbonyl (C=O) groups is 1. The molecule has 3 aromatic carbocycles. The second-order valence-electron chi connectivity index (χ2n) is 7.95. The van der Waals surface area contributed by atoms with Gasteiger partial charge in [0, 0.05) is 16.2 Å². The molecule has 0 radical (unpaired) electrons. The number of aliphatic carboxylic acids is 1. The highest BCUT2D eigenvalue weighted by Gasteiger charge is 2.22. The highest BCUT2D eigenvalue weighted by Crippen LogP contribution is 2.31. The van der Waals surface area contributed by atoms with E-state index in [4.69, 9.17) is 4.74 Å². The molecule has 0 fully saturated rings. The maximum absolute atomic E-state index is 11.9. The molecule has 0 unspecified atom stereocenters. The topological polar surface area (TPSA) is 46.5 Å². The van der Waals surface area contributed by atoms with Gasteiger partial charge in [-0.05, 0) is 46.9 Å². The summed E-state index contributed by atoms with van der Waals surface area (Å²) in [7, 11) is 0. The predicted molar refractivity (Wildman–Crippen MR) is 118 cm³/mol. The van der Waals surface area contributed by atoms with Crippen LogP contribution in [0.5, 0.6) is 5.75 Å². The average molecular weight is 407 g/mol. The summed E-state index contributed by atoms with van der Waals surface area (Å²) < 4.78 is 5.84. The molecular formula is C25H26O3S. The highest BCUT2D eigenvalue weighted by molar-refractivity contribution is 7.99. The van der Waals surface area contributed by atoms with Crippen LogP contribution in [0.4, 0.5) is 0 Å². The molecule has 0 aromatic heterocycles. The second-order valence-corrected chi connectivity index (χ2v) is 9.06. The van der Waals surface area contributed by atoms with Crippen molar-refractivity contribution < 1.29 is 14.6 Å². The van der Waals surface area contributed by atoms with Crippen LogP contribution in [0.15, 0.2) is 88.7 Å². The maximum Gasteiger partial charge on any atom is 0.345 e. The lowest BCUT2D eigenvalue weighted by Gasteiger charge is -2.20. The molecule has 0 bridgehead atoms. The van der Waals surface area contributed by atoms with Crippen molar-refractivity contribution in [2.75, 3.05) is 0 Å². The van der Waals surface area contributed by atoms with Crippen molar-refractivity contribution in [1.82, 2.24) is 0 Å². The molecule has 0 aliphatic heterocycles. The Bertz CT molecular complexity index is 944. The zero-order chi connectivity index (χ0) is 20.9. The van der Waals surface area contributed by atoms with Gasteiger partial charge in [0.15, 0.2) is 6.10 Å². The minimum absolute atomic E-state index is 0.0400. The number of carboxylic acid groups (broad SMARTS) is 1. The molecule has 3 nitrogen and oxygen atoms in total. The van der Waals surface area contributed by atoms with Crippen molar-refractivity contribution >= 4 is 17.7 Å². The van der Waals surface area contributed by atoms with E-state index in [0.29, 0.717) is 12.2 Å². The second kappa shape index (κ2) is 9.19. The number of carboxylic acids is 1. The van der Waals surface area contributed by atoms with Crippen molar-refractivity contribution in [3.63, 3.8) is 0 Å². The van der Waals surface area contributed by atoms with E-state index in [2.05, 4.69) is 20.8 Å². The molecule has 0 heterocycles. The summed E-state index contributed by atoms with van der Waals surface area (Å²) in [6.45, 7) is 6.43. The first-order valence-electron chi connectivity index (χ1n) is 9.64. The fraction of sp³-hybridized carbons (Fsp3) is 0.240. The average Bonchev–Trinajstić information content (AvgIpc) is 2.69. The van der Waals surface area contributed by atoms with Crippen LogP contribution in [0.25, 0.3) is 0 Å². The summed E-state index contributed by atoms with van der Waals surface area (Å²) in [6.07, 6.45) is -0.653. The number of ether oxygens (including phenoxy) is 1. The van der Waals surface area contributed by atoms with E-state index in [1.807, 2.05) is 78.9 Å². The van der Waals surface area contributed by atoms with Crippen molar-refractivity contribution in [1.29, 1.82) is 0 Å². The zero-order valence-electron chi connectivity index (χ0n) is 17.0. The van der Waals surface area contributed by atoms with Crippen LogP contribution in [0.3, 0.4) is 0 Å². The molecule has 1 atom stereocenters. The van der Waals surface area contributed by atoms with Crippen LogP contribution in [0.1, 0.15) is 31.9 Å². The van der Waals surface area contributed by atoms with Gasteiger partial charge in [0.25, 0.3) is 0 Å². The predicted octanol–water partition coefficient (Wildman–Crippen LogP) is 6.21. The summed E-state index contributed by atoms with van der Waals surface area (Å²) in [4.78, 5) is 14.0. The Morgan fingerprint density at radius 2 is 1.55 bits per heavy atom. The minimum atomic E-state index is -0.968. The fourth-order valence-corrected chi connectivity index (χ4v) is 3.94. The van der Waals surface area contributed by atoms with Gasteiger partial charge < -0.3 is 9.84 Å². The summed E-state index contributed by atoms with van der Waals surface area (Å²) in [5, 5.41) is 9.73. The lowest BCUT2D eigenvalue weighted by molar-refractivity contribution is -0.145. The first-order valence-corrected chi connectivity index (χ1v) is 10.5. The van der Waals surface area contributed by atoms with Crippen molar-refractivity contribution in [2.45, 2.75) is 48.5 Å². The Kier molecular flexibility index (Phi) is 6.65. The van der Waals surface area contributed by atoms with Gasteiger partial charge in [-0.2, -0.15) is 0 Å². The fourth-order valence-electron chi connectivity index (χ4n) is 2.96. The summed E-state index contributed by atoms with van der Waals surface area (Å²) in [5.41, 5.74) is 2.18. The molecule has 0 aliphatic carbocycles. The molecule has 4 heteroatoms. The van der Waals surface area contributed by atoms with Crippen LogP contribution in [0, 0.1) is 0 Å². The lowest BCUT2D eigenvalue weighted by Crippen LogP contribution is -2.29. The van der Waals surface area contributed by atoms with Gasteiger partial charge in [0.2, 0.25) is 0 Å². The molecule has 150 valence electrons. The maximum atomic E-state index is 11.9. The number of hydrogen-bond donors (Lipinski definition) is 1. The van der Waals surface area contributed by atoms with Crippen LogP contribution in [-0.4, -0.2) is 17.2 Å². The van der Waals surface area contributed by atoms with Crippen LogP contribution in [0.2, 0.25) is 0 Å². The van der Waals surface area contributed by atoms with Crippen LogP contribution >= 0.6 is 11.8 Å². The molecule has 1 N–H and O–H groups in total. The van der Waals surface area contributed by atoms with Gasteiger partial charge >= 0.3 is 5.97 Å². The van der Waals surface area contributed by atoms with Crippen LogP contribution in [-0.2, 0) is 16.6 Å². The standard InChI is InChI=1S/C25H26O3S/c1-25(2,3)19-13-15-20(16-14-19)28-22(24(26)27)17-18-9-7-8-12-23(18)29-21-10-5-4-6-11-21/h4-16,22H,17H2,1-3H3,(H,26,27)/t22-/m1/s1. The monoisotopic (exact) mass is 406 g/mol. The smallest absolute Gasteiger partial charge is 0.345 e. The quantitative estimate of drug-likeness (QED) is 0.507. The molecule has 0 saturated carbocycles. The normalized spacial score (nSPS) is 12.4. The van der Waals surface area contributed by atoms with Gasteiger partial charge in [0.1, 0.15) is 5.75 Å². The first-order chi connectivity index (χ1) is 13.8. The largest absolute Gasteiger partial charge is 0.478 e. The molecule has 29 heavy (non-hydrogen) atoms. The van der Waals surface area contributed by atoms with Gasteiger partial charge in [-0.3, -0.25) is 0 Å². The van der Waals surface area contributed by atoms with E-state index in [-0.39, 0.29) is 5.41 Å². The number of benzene rings is 3. The highest BCUT2D eigenvalue weighted by atomic mass is 32.2. The lowest BCUT2D eigenvalue weighted by atomic mass is 9.87.